The zero-order chi connectivity index (χ0) is 12.1. The Labute approximate surface area is 98.6 Å². The van der Waals surface area contributed by atoms with Crippen LogP contribution in [-0.4, -0.2) is 24.0 Å². The lowest BCUT2D eigenvalue weighted by Crippen LogP contribution is -2.34. The summed E-state index contributed by atoms with van der Waals surface area (Å²) in [4.78, 5) is 11.7. The first-order valence-electron chi connectivity index (χ1n) is 4.90. The van der Waals surface area contributed by atoms with Crippen molar-refractivity contribution in [2.75, 3.05) is 17.7 Å². The molecule has 0 saturated carbocycles. The molecule has 1 aromatic rings. The van der Waals surface area contributed by atoms with Crippen LogP contribution in [0.1, 0.15) is 17.3 Å². The number of hydrogen-bond acceptors (Lipinski definition) is 3. The van der Waals surface area contributed by atoms with E-state index in [0.29, 0.717) is 0 Å². The fraction of sp³-hybridized carbons (Fsp3) is 0.364. The van der Waals surface area contributed by atoms with E-state index in [-0.39, 0.29) is 23.2 Å². The summed E-state index contributed by atoms with van der Waals surface area (Å²) in [5.41, 5.74) is 5.58. The zero-order valence-electron chi connectivity index (χ0n) is 9.29. The van der Waals surface area contributed by atoms with Crippen molar-refractivity contribution in [2.24, 2.45) is 0 Å². The third kappa shape index (κ3) is 3.13. The Morgan fingerprint density at radius 3 is 2.94 bits per heavy atom. The highest BCUT2D eigenvalue weighted by Crippen LogP contribution is 2.15. The minimum Gasteiger partial charge on any atom is -0.396 e. The van der Waals surface area contributed by atoms with Crippen LogP contribution in [-0.2, 0) is 0 Å². The molecule has 16 heavy (non-hydrogen) atoms. The number of nitrogens with one attached hydrogen (secondary N) is 1. The first-order valence-corrected chi connectivity index (χ1v) is 6.29. The number of carbonyl (C=O) groups excluding carboxylic acids is 1. The van der Waals surface area contributed by atoms with E-state index < -0.39 is 5.82 Å². The van der Waals surface area contributed by atoms with Crippen molar-refractivity contribution in [3.05, 3.63) is 29.6 Å². The summed E-state index contributed by atoms with van der Waals surface area (Å²) >= 11 is 1.63. The van der Waals surface area contributed by atoms with Gasteiger partial charge in [-0.2, -0.15) is 11.8 Å². The van der Waals surface area contributed by atoms with E-state index in [4.69, 9.17) is 5.73 Å². The number of para-hydroxylation sites is 1. The molecule has 0 aliphatic heterocycles. The van der Waals surface area contributed by atoms with Gasteiger partial charge in [0, 0.05) is 11.8 Å². The lowest BCUT2D eigenvalue weighted by Gasteiger charge is -2.13. The third-order valence-electron chi connectivity index (χ3n) is 2.09. The molecule has 0 aliphatic rings. The van der Waals surface area contributed by atoms with Gasteiger partial charge >= 0.3 is 0 Å². The van der Waals surface area contributed by atoms with Crippen molar-refractivity contribution in [1.29, 1.82) is 0 Å². The van der Waals surface area contributed by atoms with E-state index >= 15 is 0 Å². The molecule has 1 aromatic carbocycles. The van der Waals surface area contributed by atoms with Crippen molar-refractivity contribution < 1.29 is 9.18 Å². The maximum Gasteiger partial charge on any atom is 0.253 e. The smallest absolute Gasteiger partial charge is 0.253 e. The standard InChI is InChI=1S/C11H15FN2OS/c1-7(6-16-2)14-11(15)8-4-3-5-9(12)10(8)13/h3-5,7H,6,13H2,1-2H3,(H,14,15). The van der Waals surface area contributed by atoms with Gasteiger partial charge in [0.25, 0.3) is 5.91 Å². The Morgan fingerprint density at radius 1 is 1.62 bits per heavy atom. The number of carbonyl (C=O) groups is 1. The van der Waals surface area contributed by atoms with Gasteiger partial charge in [-0.15, -0.1) is 0 Å². The fourth-order valence-corrected chi connectivity index (χ4v) is 1.91. The van der Waals surface area contributed by atoms with Gasteiger partial charge in [0.15, 0.2) is 0 Å². The van der Waals surface area contributed by atoms with Gasteiger partial charge < -0.3 is 11.1 Å². The highest BCUT2D eigenvalue weighted by Gasteiger charge is 2.14. The Bertz CT molecular complexity index is 384. The highest BCUT2D eigenvalue weighted by atomic mass is 32.2. The predicted molar refractivity (Wildman–Crippen MR) is 66.1 cm³/mol. The van der Waals surface area contributed by atoms with E-state index in [1.165, 1.54) is 18.2 Å². The predicted octanol–water partition coefficient (Wildman–Crippen LogP) is 1.89. The first kappa shape index (κ1) is 12.8. The van der Waals surface area contributed by atoms with E-state index in [2.05, 4.69) is 5.32 Å². The molecular weight excluding hydrogens is 227 g/mol. The van der Waals surface area contributed by atoms with Crippen LogP contribution >= 0.6 is 11.8 Å². The number of nitrogens with two attached hydrogens (primary N) is 1. The number of rotatable bonds is 4. The van der Waals surface area contributed by atoms with E-state index in [1.54, 1.807) is 11.8 Å². The quantitative estimate of drug-likeness (QED) is 0.793. The normalized spacial score (nSPS) is 12.2. The molecule has 0 heterocycles. The van der Waals surface area contributed by atoms with Gasteiger partial charge in [-0.3, -0.25) is 4.79 Å². The fourth-order valence-electron chi connectivity index (χ4n) is 1.33. The van der Waals surface area contributed by atoms with Crippen LogP contribution in [0.5, 0.6) is 0 Å². The Kier molecular flexibility index (Phi) is 4.61. The van der Waals surface area contributed by atoms with Gasteiger partial charge in [-0.1, -0.05) is 6.07 Å². The number of anilines is 1. The van der Waals surface area contributed by atoms with Gasteiger partial charge in [-0.05, 0) is 25.3 Å². The number of hydrogen-bond donors (Lipinski definition) is 2. The van der Waals surface area contributed by atoms with Crippen LogP contribution in [0.15, 0.2) is 18.2 Å². The SMILES string of the molecule is CSCC(C)NC(=O)c1cccc(F)c1N. The molecule has 0 aromatic heterocycles. The summed E-state index contributed by atoms with van der Waals surface area (Å²) in [7, 11) is 0. The number of nitrogen functional groups attached to an aromatic ring is 1. The molecule has 5 heteroatoms. The van der Waals surface area contributed by atoms with Gasteiger partial charge in [0.05, 0.1) is 11.3 Å². The second kappa shape index (κ2) is 5.75. The molecule has 0 spiro atoms. The molecule has 0 aliphatic carbocycles. The van der Waals surface area contributed by atoms with E-state index in [0.717, 1.165) is 5.75 Å². The first-order chi connectivity index (χ1) is 7.56. The summed E-state index contributed by atoms with van der Waals surface area (Å²) in [5.74, 6) is -0.0928. The Morgan fingerprint density at radius 2 is 2.31 bits per heavy atom. The Balaban J connectivity index is 2.77. The maximum atomic E-state index is 13.1. The molecule has 0 radical (unpaired) electrons. The summed E-state index contributed by atoms with van der Waals surface area (Å²) in [6, 6.07) is 4.25. The molecule has 1 rings (SSSR count). The van der Waals surface area contributed by atoms with Crippen molar-refractivity contribution >= 4 is 23.4 Å². The molecular formula is C11H15FN2OS. The summed E-state index contributed by atoms with van der Waals surface area (Å²) in [6.45, 7) is 1.89. The monoisotopic (exact) mass is 242 g/mol. The number of benzene rings is 1. The van der Waals surface area contributed by atoms with Crippen molar-refractivity contribution in [3.63, 3.8) is 0 Å². The highest BCUT2D eigenvalue weighted by molar-refractivity contribution is 7.98. The molecule has 0 saturated heterocycles. The Hall–Kier alpha value is -1.23. The van der Waals surface area contributed by atoms with Crippen molar-refractivity contribution in [1.82, 2.24) is 5.32 Å². The lowest BCUT2D eigenvalue weighted by molar-refractivity contribution is 0.0944. The van der Waals surface area contributed by atoms with Gasteiger partial charge in [-0.25, -0.2) is 4.39 Å². The van der Waals surface area contributed by atoms with Crippen molar-refractivity contribution in [2.45, 2.75) is 13.0 Å². The summed E-state index contributed by atoms with van der Waals surface area (Å²) in [5, 5.41) is 2.76. The minimum atomic E-state index is -0.565. The van der Waals surface area contributed by atoms with Crippen LogP contribution in [0.3, 0.4) is 0 Å². The lowest BCUT2D eigenvalue weighted by atomic mass is 10.1. The maximum absolute atomic E-state index is 13.1. The minimum absolute atomic E-state index is 0.0326. The molecule has 0 bridgehead atoms. The zero-order valence-corrected chi connectivity index (χ0v) is 10.1. The van der Waals surface area contributed by atoms with Gasteiger partial charge in [0.2, 0.25) is 0 Å². The largest absolute Gasteiger partial charge is 0.396 e. The molecule has 0 fully saturated rings. The van der Waals surface area contributed by atoms with Crippen LogP contribution in [0.2, 0.25) is 0 Å². The average Bonchev–Trinajstić information content (AvgIpc) is 2.22. The van der Waals surface area contributed by atoms with Crippen molar-refractivity contribution in [3.8, 4) is 0 Å². The average molecular weight is 242 g/mol. The van der Waals surface area contributed by atoms with Crippen LogP contribution in [0, 0.1) is 5.82 Å². The second-order valence-corrected chi connectivity index (χ2v) is 4.44. The molecule has 3 nitrogen and oxygen atoms in total. The van der Waals surface area contributed by atoms with Crippen LogP contribution in [0.25, 0.3) is 0 Å². The molecule has 1 unspecified atom stereocenters. The third-order valence-corrected chi connectivity index (χ3v) is 2.93. The summed E-state index contributed by atoms with van der Waals surface area (Å²) < 4.78 is 13.1. The van der Waals surface area contributed by atoms with Gasteiger partial charge in [0.1, 0.15) is 5.82 Å². The second-order valence-electron chi connectivity index (χ2n) is 3.53. The van der Waals surface area contributed by atoms with E-state index in [1.807, 2.05) is 13.2 Å². The molecule has 1 atom stereocenters. The number of thioether (sulfide) groups is 1. The molecule has 1 amide bonds. The summed E-state index contributed by atoms with van der Waals surface area (Å²) in [6.07, 6.45) is 1.96. The van der Waals surface area contributed by atoms with Crippen LogP contribution < -0.4 is 11.1 Å². The number of halogens is 1. The van der Waals surface area contributed by atoms with E-state index in [9.17, 15) is 9.18 Å². The van der Waals surface area contributed by atoms with Crippen LogP contribution in [0.4, 0.5) is 10.1 Å². The molecule has 88 valence electrons. The number of amides is 1. The topological polar surface area (TPSA) is 55.1 Å². The molecule has 3 N–H and O–H groups in total.